The van der Waals surface area contributed by atoms with Crippen LogP contribution in [0, 0.1) is 18.3 Å². The quantitative estimate of drug-likeness (QED) is 0.699. The van der Waals surface area contributed by atoms with Gasteiger partial charge in [-0.3, -0.25) is 4.79 Å². The molecule has 1 heterocycles. The molecule has 70 valence electrons. The summed E-state index contributed by atoms with van der Waals surface area (Å²) in [6.45, 7) is 4.58. The van der Waals surface area contributed by atoms with Gasteiger partial charge in [0.1, 0.15) is 6.07 Å². The average molecular weight is 180 g/mol. The second kappa shape index (κ2) is 6.92. The van der Waals surface area contributed by atoms with E-state index in [0.717, 1.165) is 5.69 Å². The molecule has 1 N–H and O–H groups in total. The van der Waals surface area contributed by atoms with Crippen LogP contribution in [0.25, 0.3) is 0 Å². The summed E-state index contributed by atoms with van der Waals surface area (Å²) in [4.78, 5) is 12.1. The van der Waals surface area contributed by atoms with Crippen molar-refractivity contribution in [2.24, 2.45) is 0 Å². The second-order valence-electron chi connectivity index (χ2n) is 2.23. The van der Waals surface area contributed by atoms with E-state index in [2.05, 4.69) is 9.72 Å². The molecule has 4 heteroatoms. The van der Waals surface area contributed by atoms with Crippen molar-refractivity contribution < 1.29 is 9.53 Å². The third-order valence-electron chi connectivity index (χ3n) is 1.19. The minimum atomic E-state index is 0.431. The van der Waals surface area contributed by atoms with Crippen LogP contribution in [-0.2, 0) is 9.53 Å². The summed E-state index contributed by atoms with van der Waals surface area (Å²) in [5, 5.41) is 8.28. The highest BCUT2D eigenvalue weighted by atomic mass is 16.5. The Labute approximate surface area is 77.1 Å². The van der Waals surface area contributed by atoms with E-state index in [9.17, 15) is 4.79 Å². The Morgan fingerprint density at radius 1 is 1.77 bits per heavy atom. The Morgan fingerprint density at radius 3 is 2.62 bits per heavy atom. The van der Waals surface area contributed by atoms with Gasteiger partial charge in [-0.1, -0.05) is 0 Å². The number of H-pyrrole nitrogens is 1. The topological polar surface area (TPSA) is 65.9 Å². The van der Waals surface area contributed by atoms with Gasteiger partial charge in [-0.05, 0) is 19.9 Å². The molecule has 0 spiro atoms. The molecule has 1 aromatic rings. The van der Waals surface area contributed by atoms with Crippen LogP contribution in [0.1, 0.15) is 18.2 Å². The highest BCUT2D eigenvalue weighted by molar-refractivity contribution is 5.36. The van der Waals surface area contributed by atoms with Crippen LogP contribution in [0.15, 0.2) is 12.3 Å². The number of carbonyl (C=O) groups is 1. The van der Waals surface area contributed by atoms with Crippen LogP contribution in [-0.4, -0.2) is 18.1 Å². The maximum absolute atomic E-state index is 9.18. The first-order chi connectivity index (χ1) is 6.24. The van der Waals surface area contributed by atoms with Crippen molar-refractivity contribution in [2.75, 3.05) is 6.61 Å². The fraction of sp³-hybridized carbons (Fsp3) is 0.333. The number of nitrogens with one attached hydrogen (secondary N) is 1. The van der Waals surface area contributed by atoms with Crippen LogP contribution >= 0.6 is 0 Å². The third kappa shape index (κ3) is 5.50. The molecule has 0 radical (unpaired) electrons. The van der Waals surface area contributed by atoms with Gasteiger partial charge in [-0.15, -0.1) is 0 Å². The van der Waals surface area contributed by atoms with Crippen LogP contribution < -0.4 is 0 Å². The summed E-state index contributed by atoms with van der Waals surface area (Å²) in [6.07, 6.45) is 1.69. The minimum absolute atomic E-state index is 0.431. The predicted molar refractivity (Wildman–Crippen MR) is 47.9 cm³/mol. The first-order valence-electron chi connectivity index (χ1n) is 3.85. The lowest BCUT2D eigenvalue weighted by molar-refractivity contribution is -0.128. The summed E-state index contributed by atoms with van der Waals surface area (Å²) in [5.41, 5.74) is 1.73. The highest BCUT2D eigenvalue weighted by Gasteiger charge is 1.88. The van der Waals surface area contributed by atoms with Crippen molar-refractivity contribution in [2.45, 2.75) is 13.8 Å². The van der Waals surface area contributed by atoms with Crippen LogP contribution in [0.4, 0.5) is 0 Å². The Morgan fingerprint density at radius 2 is 2.46 bits per heavy atom. The predicted octanol–water partition coefficient (Wildman–Crippen LogP) is 1.37. The van der Waals surface area contributed by atoms with Crippen molar-refractivity contribution in [1.29, 1.82) is 5.26 Å². The van der Waals surface area contributed by atoms with E-state index in [1.54, 1.807) is 19.2 Å². The molecule has 0 aliphatic rings. The number of aromatic amines is 1. The van der Waals surface area contributed by atoms with E-state index in [4.69, 9.17) is 5.26 Å². The fourth-order valence-corrected chi connectivity index (χ4v) is 0.641. The first kappa shape index (κ1) is 11.2. The zero-order valence-electron chi connectivity index (χ0n) is 7.70. The molecule has 0 aliphatic carbocycles. The maximum atomic E-state index is 9.18. The molecule has 0 fully saturated rings. The Balaban J connectivity index is 0.000000252. The second-order valence-corrected chi connectivity index (χ2v) is 2.23. The zero-order valence-corrected chi connectivity index (χ0v) is 7.70. The number of carbonyl (C=O) groups excluding carboxylic acids is 1. The molecule has 4 nitrogen and oxygen atoms in total. The molecule has 1 aromatic heterocycles. The molecule has 0 atom stereocenters. The lowest BCUT2D eigenvalue weighted by atomic mass is 10.3. The zero-order chi connectivity index (χ0) is 10.1. The molecular formula is C9H12N2O2. The van der Waals surface area contributed by atoms with Crippen molar-refractivity contribution in [3.05, 3.63) is 23.5 Å². The highest BCUT2D eigenvalue weighted by Crippen LogP contribution is 1.97. The van der Waals surface area contributed by atoms with Crippen molar-refractivity contribution >= 4 is 6.47 Å². The SMILES string of the molecule is CCOC=O.Cc1cc(C#N)c[nH]1. The number of aromatic nitrogens is 1. The normalized spacial score (nSPS) is 7.77. The van der Waals surface area contributed by atoms with E-state index in [1.165, 1.54) is 0 Å². The van der Waals surface area contributed by atoms with Gasteiger partial charge < -0.3 is 9.72 Å². The minimum Gasteiger partial charge on any atom is -0.468 e. The summed E-state index contributed by atoms with van der Waals surface area (Å²) in [5.74, 6) is 0. The average Bonchev–Trinajstić information content (AvgIpc) is 2.54. The molecule has 0 aliphatic heterocycles. The largest absolute Gasteiger partial charge is 0.468 e. The number of aryl methyl sites for hydroxylation is 1. The van der Waals surface area contributed by atoms with Gasteiger partial charge in [-0.25, -0.2) is 0 Å². The van der Waals surface area contributed by atoms with Crippen molar-refractivity contribution in [3.8, 4) is 6.07 Å². The van der Waals surface area contributed by atoms with E-state index < -0.39 is 0 Å². The maximum Gasteiger partial charge on any atom is 0.293 e. The van der Waals surface area contributed by atoms with Gasteiger partial charge >= 0.3 is 0 Å². The smallest absolute Gasteiger partial charge is 0.293 e. The molecule has 1 rings (SSSR count). The van der Waals surface area contributed by atoms with Gasteiger partial charge in [0.2, 0.25) is 0 Å². The number of ether oxygens (including phenoxy) is 1. The van der Waals surface area contributed by atoms with Gasteiger partial charge in [0.05, 0.1) is 12.2 Å². The molecule has 0 unspecified atom stereocenters. The summed E-state index contributed by atoms with van der Waals surface area (Å²) in [6, 6.07) is 3.82. The number of nitriles is 1. The first-order valence-corrected chi connectivity index (χ1v) is 3.85. The molecule has 0 aromatic carbocycles. The van der Waals surface area contributed by atoms with Crippen molar-refractivity contribution in [3.63, 3.8) is 0 Å². The summed E-state index contributed by atoms with van der Waals surface area (Å²) >= 11 is 0. The monoisotopic (exact) mass is 180 g/mol. The molecule has 13 heavy (non-hydrogen) atoms. The number of nitrogens with zero attached hydrogens (tertiary/aromatic N) is 1. The molecular weight excluding hydrogens is 168 g/mol. The molecule has 0 amide bonds. The van der Waals surface area contributed by atoms with Crippen molar-refractivity contribution in [1.82, 2.24) is 4.98 Å². The Hall–Kier alpha value is -1.76. The lowest BCUT2D eigenvalue weighted by Gasteiger charge is -1.79. The van der Waals surface area contributed by atoms with E-state index >= 15 is 0 Å². The lowest BCUT2D eigenvalue weighted by Crippen LogP contribution is -1.80. The Bertz CT molecular complexity index is 286. The number of hydrogen-bond acceptors (Lipinski definition) is 3. The Kier molecular flexibility index (Phi) is 5.98. The van der Waals surface area contributed by atoms with E-state index in [1.807, 2.05) is 13.0 Å². The van der Waals surface area contributed by atoms with Gasteiger partial charge in [-0.2, -0.15) is 5.26 Å². The van der Waals surface area contributed by atoms with E-state index in [0.29, 0.717) is 18.6 Å². The van der Waals surface area contributed by atoms with E-state index in [-0.39, 0.29) is 0 Å². The number of rotatable bonds is 2. The molecule has 0 saturated heterocycles. The van der Waals surface area contributed by atoms with Crippen LogP contribution in [0.5, 0.6) is 0 Å². The fourth-order valence-electron chi connectivity index (χ4n) is 0.641. The molecule has 0 saturated carbocycles. The number of hydrogen-bond donors (Lipinski definition) is 1. The van der Waals surface area contributed by atoms with Crippen LogP contribution in [0.2, 0.25) is 0 Å². The van der Waals surface area contributed by atoms with Gasteiger partial charge in [0.25, 0.3) is 6.47 Å². The standard InChI is InChI=1S/C6H6N2.C3H6O2/c1-5-2-6(3-7)4-8-5;1-2-5-3-4/h2,4,8H,1H3;3H,2H2,1H3. The van der Waals surface area contributed by atoms with Gasteiger partial charge in [0, 0.05) is 11.9 Å². The van der Waals surface area contributed by atoms with Gasteiger partial charge in [0.15, 0.2) is 0 Å². The summed E-state index contributed by atoms with van der Waals surface area (Å²) in [7, 11) is 0. The molecule has 0 bridgehead atoms. The van der Waals surface area contributed by atoms with Crippen LogP contribution in [0.3, 0.4) is 0 Å². The summed E-state index contributed by atoms with van der Waals surface area (Å²) < 4.78 is 4.15. The third-order valence-corrected chi connectivity index (χ3v) is 1.19.